The summed E-state index contributed by atoms with van der Waals surface area (Å²) in [6, 6.07) is 1.80. The molecule has 3 N–H and O–H groups in total. The first-order chi connectivity index (χ1) is 4.57. The minimum absolute atomic E-state index is 0.185. The second kappa shape index (κ2) is 3.51. The van der Waals surface area contributed by atoms with E-state index in [1.807, 2.05) is 0 Å². The third kappa shape index (κ3) is 2.72. The predicted octanol–water partition coefficient (Wildman–Crippen LogP) is -0.109. The lowest BCUT2D eigenvalue weighted by Crippen LogP contribution is -2.15. The van der Waals surface area contributed by atoms with Crippen molar-refractivity contribution in [2.45, 2.75) is 0 Å². The number of hydrogen-bond donors (Lipinski definition) is 2. The Labute approximate surface area is 60.1 Å². The number of hydrogen-bond acceptors (Lipinski definition) is 3. The molecule has 0 spiro atoms. The Morgan fingerprint density at radius 2 is 2.20 bits per heavy atom. The molecule has 0 rings (SSSR count). The molecule has 0 aliphatic rings. The van der Waals surface area contributed by atoms with Gasteiger partial charge in [-0.25, -0.2) is 0 Å². The first kappa shape index (κ1) is 8.50. The highest BCUT2D eigenvalue weighted by atomic mass is 15.0. The fourth-order valence-electron chi connectivity index (χ4n) is 0.417. The van der Waals surface area contributed by atoms with Crippen LogP contribution >= 0.6 is 0 Å². The second-order valence-corrected chi connectivity index (χ2v) is 2.03. The minimum Gasteiger partial charge on any atom is -0.383 e. The van der Waals surface area contributed by atoms with Crippen molar-refractivity contribution in [3.63, 3.8) is 0 Å². The zero-order valence-electron chi connectivity index (χ0n) is 6.05. The van der Waals surface area contributed by atoms with Gasteiger partial charge in [-0.15, -0.1) is 0 Å². The normalized spacial score (nSPS) is 10.3. The molecule has 0 aromatic carbocycles. The number of nitriles is 1. The van der Waals surface area contributed by atoms with Crippen LogP contribution in [0.2, 0.25) is 0 Å². The molecule has 10 heavy (non-hydrogen) atoms. The predicted molar refractivity (Wildman–Crippen MR) is 39.3 cm³/mol. The smallest absolute Gasteiger partial charge is 0.135 e. The second-order valence-electron chi connectivity index (χ2n) is 2.03. The molecule has 0 bridgehead atoms. The fraction of sp³-hybridized carbons (Fsp3) is 0.333. The Hall–Kier alpha value is -1.50. The molecular formula is C6H10N4. The Morgan fingerprint density at radius 3 is 2.30 bits per heavy atom. The largest absolute Gasteiger partial charge is 0.383 e. The number of nitrogens with two attached hydrogens (primary N) is 1. The molecule has 0 aromatic rings. The van der Waals surface area contributed by atoms with Crippen LogP contribution in [0.4, 0.5) is 0 Å². The van der Waals surface area contributed by atoms with Crippen LogP contribution in [0.25, 0.3) is 0 Å². The molecule has 0 fully saturated rings. The number of nitrogens with zero attached hydrogens (tertiary/aromatic N) is 2. The van der Waals surface area contributed by atoms with E-state index in [1.54, 1.807) is 25.1 Å². The molecule has 4 nitrogen and oxygen atoms in total. The summed E-state index contributed by atoms with van der Waals surface area (Å²) in [5, 5.41) is 15.3. The van der Waals surface area contributed by atoms with E-state index >= 15 is 0 Å². The summed E-state index contributed by atoms with van der Waals surface area (Å²) in [4.78, 5) is 1.67. The van der Waals surface area contributed by atoms with Gasteiger partial charge < -0.3 is 10.6 Å². The first-order valence-corrected chi connectivity index (χ1v) is 2.70. The van der Waals surface area contributed by atoms with Crippen molar-refractivity contribution in [3.05, 3.63) is 11.8 Å². The quantitative estimate of drug-likeness (QED) is 0.317. The number of amidine groups is 1. The first-order valence-electron chi connectivity index (χ1n) is 2.70. The van der Waals surface area contributed by atoms with Crippen molar-refractivity contribution in [1.82, 2.24) is 4.90 Å². The van der Waals surface area contributed by atoms with Crippen LogP contribution in [0.5, 0.6) is 0 Å². The molecule has 0 aliphatic heterocycles. The Balaban J connectivity index is 4.39. The van der Waals surface area contributed by atoms with Gasteiger partial charge in [-0.1, -0.05) is 0 Å². The van der Waals surface area contributed by atoms with Crippen LogP contribution in [-0.2, 0) is 0 Å². The van der Waals surface area contributed by atoms with E-state index in [4.69, 9.17) is 16.4 Å². The van der Waals surface area contributed by atoms with Crippen LogP contribution in [0.1, 0.15) is 0 Å². The van der Waals surface area contributed by atoms with Gasteiger partial charge in [0.2, 0.25) is 0 Å². The molecule has 0 aromatic heterocycles. The lowest BCUT2D eigenvalue weighted by atomic mass is 10.3. The van der Waals surface area contributed by atoms with Crippen LogP contribution in [0.15, 0.2) is 11.8 Å². The van der Waals surface area contributed by atoms with Gasteiger partial charge >= 0.3 is 0 Å². The zero-order valence-corrected chi connectivity index (χ0v) is 6.05. The molecule has 0 aliphatic carbocycles. The molecule has 0 saturated carbocycles. The van der Waals surface area contributed by atoms with E-state index in [0.717, 1.165) is 0 Å². The van der Waals surface area contributed by atoms with Gasteiger partial charge in [-0.3, -0.25) is 5.41 Å². The summed E-state index contributed by atoms with van der Waals surface area (Å²) >= 11 is 0. The molecule has 54 valence electrons. The summed E-state index contributed by atoms with van der Waals surface area (Å²) in [5.74, 6) is -0.198. The fourth-order valence-corrected chi connectivity index (χ4v) is 0.417. The van der Waals surface area contributed by atoms with Crippen LogP contribution in [0.3, 0.4) is 0 Å². The average Bonchev–Trinajstić information content (AvgIpc) is 1.81. The highest BCUT2D eigenvalue weighted by molar-refractivity contribution is 5.97. The lowest BCUT2D eigenvalue weighted by Gasteiger charge is -2.04. The Morgan fingerprint density at radius 1 is 1.70 bits per heavy atom. The maximum Gasteiger partial charge on any atom is 0.135 e. The molecular weight excluding hydrogens is 128 g/mol. The van der Waals surface area contributed by atoms with Gasteiger partial charge in [0.1, 0.15) is 17.5 Å². The maximum absolute atomic E-state index is 8.38. The molecule has 4 heteroatoms. The summed E-state index contributed by atoms with van der Waals surface area (Å²) in [6.45, 7) is 0. The van der Waals surface area contributed by atoms with Crippen molar-refractivity contribution >= 4 is 5.84 Å². The number of rotatable bonds is 2. The van der Waals surface area contributed by atoms with Crippen LogP contribution in [0, 0.1) is 16.7 Å². The summed E-state index contributed by atoms with van der Waals surface area (Å²) in [7, 11) is 3.53. The van der Waals surface area contributed by atoms with E-state index in [-0.39, 0.29) is 11.4 Å². The van der Waals surface area contributed by atoms with E-state index in [1.165, 1.54) is 6.20 Å². The third-order valence-corrected chi connectivity index (χ3v) is 0.798. The van der Waals surface area contributed by atoms with E-state index in [9.17, 15) is 0 Å². The monoisotopic (exact) mass is 138 g/mol. The van der Waals surface area contributed by atoms with Crippen molar-refractivity contribution < 1.29 is 0 Å². The van der Waals surface area contributed by atoms with Gasteiger partial charge in [0.05, 0.1) is 0 Å². The Kier molecular flexibility index (Phi) is 2.98. The van der Waals surface area contributed by atoms with Crippen molar-refractivity contribution in [3.8, 4) is 6.07 Å². The highest BCUT2D eigenvalue weighted by Crippen LogP contribution is 1.90. The van der Waals surface area contributed by atoms with Gasteiger partial charge in [0.25, 0.3) is 0 Å². The maximum atomic E-state index is 8.38. The molecule has 0 amide bonds. The molecule has 0 unspecified atom stereocenters. The van der Waals surface area contributed by atoms with Crippen molar-refractivity contribution in [2.75, 3.05) is 14.1 Å². The van der Waals surface area contributed by atoms with Gasteiger partial charge in [0, 0.05) is 20.3 Å². The summed E-state index contributed by atoms with van der Waals surface area (Å²) in [5.41, 5.74) is 5.25. The van der Waals surface area contributed by atoms with Gasteiger partial charge in [0.15, 0.2) is 0 Å². The molecule has 0 saturated heterocycles. The van der Waals surface area contributed by atoms with Crippen molar-refractivity contribution in [2.24, 2.45) is 5.73 Å². The standard InChI is InChI=1S/C6H10N4/c1-10(2)4-5(3-7)6(8)9/h4H,1-2H3,(H3,8,9)/b5-4+. The SMILES string of the molecule is CN(C)/C=C(\C#N)C(=N)N. The van der Waals surface area contributed by atoms with Crippen LogP contribution < -0.4 is 5.73 Å². The van der Waals surface area contributed by atoms with Crippen molar-refractivity contribution in [1.29, 1.82) is 10.7 Å². The number of nitrogens with one attached hydrogen (secondary N) is 1. The van der Waals surface area contributed by atoms with Gasteiger partial charge in [-0.2, -0.15) is 5.26 Å². The average molecular weight is 138 g/mol. The van der Waals surface area contributed by atoms with E-state index in [2.05, 4.69) is 0 Å². The molecule has 0 radical (unpaired) electrons. The summed E-state index contributed by atoms with van der Waals surface area (Å²) < 4.78 is 0. The zero-order chi connectivity index (χ0) is 8.15. The minimum atomic E-state index is -0.198. The van der Waals surface area contributed by atoms with E-state index < -0.39 is 0 Å². The topological polar surface area (TPSA) is 76.9 Å². The highest BCUT2D eigenvalue weighted by Gasteiger charge is 1.97. The molecule has 0 heterocycles. The van der Waals surface area contributed by atoms with Gasteiger partial charge in [-0.05, 0) is 0 Å². The molecule has 0 atom stereocenters. The summed E-state index contributed by atoms with van der Waals surface area (Å²) in [6.07, 6.45) is 1.50. The van der Waals surface area contributed by atoms with E-state index in [0.29, 0.717) is 0 Å². The third-order valence-electron chi connectivity index (χ3n) is 0.798. The lowest BCUT2D eigenvalue weighted by molar-refractivity contribution is 0.562. The Bertz CT molecular complexity index is 196. The van der Waals surface area contributed by atoms with Crippen LogP contribution in [-0.4, -0.2) is 24.8 Å².